The molecular weight excluding hydrogens is 444 g/mol. The van der Waals surface area contributed by atoms with Crippen LogP contribution in [0.2, 0.25) is 0 Å². The quantitative estimate of drug-likeness (QED) is 0.298. The van der Waals surface area contributed by atoms with Crippen molar-refractivity contribution >= 4 is 23.4 Å². The maximum Gasteiger partial charge on any atom is 0.329 e. The molecule has 0 radical (unpaired) electrons. The lowest BCUT2D eigenvalue weighted by Gasteiger charge is -2.12. The molecule has 1 aromatic carbocycles. The second-order valence-corrected chi connectivity index (χ2v) is 8.19. The number of Topliss-reactive ketones (excluding diaryl/α,β-unsaturated/α-hetero) is 1. The Morgan fingerprint density at radius 1 is 1.18 bits per heavy atom. The number of aromatic nitrogens is 5. The lowest BCUT2D eigenvalue weighted by molar-refractivity contribution is 0.102. The van der Waals surface area contributed by atoms with E-state index in [2.05, 4.69) is 15.2 Å². The molecule has 4 aromatic rings. The van der Waals surface area contributed by atoms with Crippen LogP contribution in [0.5, 0.6) is 0 Å². The monoisotopic (exact) mass is 466 g/mol. The summed E-state index contributed by atoms with van der Waals surface area (Å²) in [5.74, 6) is 0.496. The number of nitrogens with two attached hydrogens (primary N) is 1. The van der Waals surface area contributed by atoms with Crippen molar-refractivity contribution in [2.45, 2.75) is 32.0 Å². The molecule has 0 aliphatic rings. The summed E-state index contributed by atoms with van der Waals surface area (Å²) >= 11 is 1.12. The molecule has 3 heterocycles. The predicted octanol–water partition coefficient (Wildman–Crippen LogP) is 2.65. The van der Waals surface area contributed by atoms with Crippen molar-refractivity contribution in [1.29, 1.82) is 0 Å². The zero-order valence-electron chi connectivity index (χ0n) is 18.1. The summed E-state index contributed by atoms with van der Waals surface area (Å²) in [7, 11) is 0. The van der Waals surface area contributed by atoms with Gasteiger partial charge in [0, 0.05) is 12.2 Å². The van der Waals surface area contributed by atoms with Gasteiger partial charge in [0.05, 0.1) is 17.6 Å². The molecule has 0 aliphatic carbocycles. The summed E-state index contributed by atoms with van der Waals surface area (Å²) in [4.78, 5) is 39.5. The Labute approximate surface area is 192 Å². The van der Waals surface area contributed by atoms with Crippen molar-refractivity contribution in [2.75, 3.05) is 11.5 Å². The van der Waals surface area contributed by atoms with Gasteiger partial charge in [0.1, 0.15) is 17.1 Å². The number of benzene rings is 1. The Balaban J connectivity index is 1.69. The van der Waals surface area contributed by atoms with Crippen molar-refractivity contribution in [3.8, 4) is 17.1 Å². The van der Waals surface area contributed by atoms with E-state index in [9.17, 15) is 14.4 Å². The lowest BCUT2D eigenvalue weighted by atomic mass is 10.2. The van der Waals surface area contributed by atoms with E-state index in [0.717, 1.165) is 23.0 Å². The predicted molar refractivity (Wildman–Crippen MR) is 125 cm³/mol. The van der Waals surface area contributed by atoms with Gasteiger partial charge in [-0.05, 0) is 31.5 Å². The second-order valence-electron chi connectivity index (χ2n) is 7.25. The third-order valence-corrected chi connectivity index (χ3v) is 5.97. The van der Waals surface area contributed by atoms with Gasteiger partial charge >= 0.3 is 5.69 Å². The Morgan fingerprint density at radius 2 is 1.94 bits per heavy atom. The molecule has 170 valence electrons. The van der Waals surface area contributed by atoms with Crippen LogP contribution in [-0.2, 0) is 6.54 Å². The van der Waals surface area contributed by atoms with E-state index in [4.69, 9.17) is 10.2 Å². The molecule has 3 aromatic heterocycles. The Hall–Kier alpha value is -3.86. The summed E-state index contributed by atoms with van der Waals surface area (Å²) in [6, 6.07) is 11.3. The number of para-hydroxylation sites is 1. The minimum Gasteiger partial charge on any atom is -0.469 e. The highest BCUT2D eigenvalue weighted by atomic mass is 32.2. The summed E-state index contributed by atoms with van der Waals surface area (Å²) < 4.78 is 8.44. The number of carbonyl (C=O) groups is 1. The normalized spacial score (nSPS) is 11.1. The molecule has 0 saturated carbocycles. The van der Waals surface area contributed by atoms with Crippen LogP contribution in [-0.4, -0.2) is 35.9 Å². The zero-order chi connectivity index (χ0) is 23.5. The van der Waals surface area contributed by atoms with Gasteiger partial charge < -0.3 is 10.2 Å². The average Bonchev–Trinajstić information content (AvgIpc) is 3.41. The number of furan rings is 1. The maximum absolute atomic E-state index is 13.0. The molecule has 33 heavy (non-hydrogen) atoms. The van der Waals surface area contributed by atoms with Gasteiger partial charge in [-0.3, -0.25) is 23.7 Å². The van der Waals surface area contributed by atoms with Gasteiger partial charge in [-0.15, -0.1) is 10.2 Å². The molecule has 4 rings (SSSR count). The highest BCUT2D eigenvalue weighted by Gasteiger charge is 2.23. The topological polar surface area (TPSA) is 142 Å². The summed E-state index contributed by atoms with van der Waals surface area (Å²) in [6.45, 7) is 3.99. The number of aryl methyl sites for hydroxylation is 1. The second kappa shape index (κ2) is 9.33. The number of nitrogen functional groups attached to an aromatic ring is 1. The Kier molecular flexibility index (Phi) is 6.31. The minimum absolute atomic E-state index is 0.118. The fourth-order valence-electron chi connectivity index (χ4n) is 3.47. The van der Waals surface area contributed by atoms with E-state index < -0.39 is 17.0 Å². The molecule has 10 nitrogen and oxygen atoms in total. The summed E-state index contributed by atoms with van der Waals surface area (Å²) in [6.07, 6.45) is 2.19. The molecule has 0 atom stereocenters. The van der Waals surface area contributed by atoms with Crippen LogP contribution in [0.1, 0.15) is 29.5 Å². The van der Waals surface area contributed by atoms with Crippen molar-refractivity contribution in [3.05, 3.63) is 74.8 Å². The van der Waals surface area contributed by atoms with Gasteiger partial charge in [0.25, 0.3) is 5.56 Å². The summed E-state index contributed by atoms with van der Waals surface area (Å²) in [5.41, 5.74) is 5.94. The largest absolute Gasteiger partial charge is 0.469 e. The standard InChI is InChI=1S/C22H22N6O4S/c1-3-10-27-18(23)17(20(30)24-21(27)31)16(29)12-33-22-26-25-19(15-9-11-32-13(15)2)28(22)14-7-5-4-6-8-14/h4-9,11H,3,10,12,23H2,1-2H3,(H,24,30,31). The van der Waals surface area contributed by atoms with E-state index in [0.29, 0.717) is 29.7 Å². The minimum atomic E-state index is -0.797. The van der Waals surface area contributed by atoms with Crippen LogP contribution >= 0.6 is 11.8 Å². The van der Waals surface area contributed by atoms with E-state index in [1.807, 2.05) is 48.7 Å². The highest BCUT2D eigenvalue weighted by Crippen LogP contribution is 2.30. The fourth-order valence-corrected chi connectivity index (χ4v) is 4.29. The molecule has 11 heteroatoms. The number of thioether (sulfide) groups is 1. The third-order valence-electron chi connectivity index (χ3n) is 5.05. The van der Waals surface area contributed by atoms with Crippen LogP contribution in [0.4, 0.5) is 5.82 Å². The molecule has 0 bridgehead atoms. The van der Waals surface area contributed by atoms with E-state index >= 15 is 0 Å². The number of nitrogens with zero attached hydrogens (tertiary/aromatic N) is 4. The van der Waals surface area contributed by atoms with Crippen LogP contribution in [0, 0.1) is 6.92 Å². The molecule has 0 unspecified atom stereocenters. The first-order valence-corrected chi connectivity index (χ1v) is 11.2. The molecule has 0 spiro atoms. The smallest absolute Gasteiger partial charge is 0.329 e. The van der Waals surface area contributed by atoms with Crippen molar-refractivity contribution in [2.24, 2.45) is 0 Å². The first-order chi connectivity index (χ1) is 15.9. The van der Waals surface area contributed by atoms with Gasteiger partial charge in [-0.1, -0.05) is 36.9 Å². The number of hydrogen-bond acceptors (Lipinski definition) is 8. The summed E-state index contributed by atoms with van der Waals surface area (Å²) in [5, 5.41) is 9.05. The number of hydrogen-bond donors (Lipinski definition) is 2. The van der Waals surface area contributed by atoms with Crippen LogP contribution in [0.3, 0.4) is 0 Å². The van der Waals surface area contributed by atoms with Crippen molar-refractivity contribution < 1.29 is 9.21 Å². The van der Waals surface area contributed by atoms with Gasteiger partial charge in [0.15, 0.2) is 16.8 Å². The first-order valence-electron chi connectivity index (χ1n) is 10.3. The van der Waals surface area contributed by atoms with E-state index in [1.165, 1.54) is 4.57 Å². The van der Waals surface area contributed by atoms with E-state index in [1.54, 1.807) is 12.3 Å². The maximum atomic E-state index is 13.0. The van der Waals surface area contributed by atoms with Crippen LogP contribution in [0.15, 0.2) is 61.8 Å². The first kappa shape index (κ1) is 22.3. The molecule has 0 aliphatic heterocycles. The van der Waals surface area contributed by atoms with Crippen LogP contribution in [0.25, 0.3) is 17.1 Å². The molecule has 0 saturated heterocycles. The zero-order valence-corrected chi connectivity index (χ0v) is 18.9. The number of anilines is 1. The Morgan fingerprint density at radius 3 is 2.61 bits per heavy atom. The molecule has 0 fully saturated rings. The number of rotatable bonds is 8. The number of ketones is 1. The third kappa shape index (κ3) is 4.27. The number of H-pyrrole nitrogens is 1. The van der Waals surface area contributed by atoms with Crippen molar-refractivity contribution in [1.82, 2.24) is 24.3 Å². The average molecular weight is 467 g/mol. The molecule has 3 N–H and O–H groups in total. The number of nitrogens with one attached hydrogen (secondary N) is 1. The number of aromatic amines is 1. The van der Waals surface area contributed by atoms with Crippen LogP contribution < -0.4 is 17.0 Å². The van der Waals surface area contributed by atoms with Gasteiger partial charge in [-0.2, -0.15) is 0 Å². The molecule has 0 amide bonds. The molecular formula is C22H22N6O4S. The van der Waals surface area contributed by atoms with Crippen molar-refractivity contribution in [3.63, 3.8) is 0 Å². The fraction of sp³-hybridized carbons (Fsp3) is 0.227. The number of carbonyl (C=O) groups excluding carboxylic acids is 1. The lowest BCUT2D eigenvalue weighted by Crippen LogP contribution is -2.36. The Bertz CT molecular complexity index is 1420. The highest BCUT2D eigenvalue weighted by molar-refractivity contribution is 7.99. The van der Waals surface area contributed by atoms with Gasteiger partial charge in [-0.25, -0.2) is 4.79 Å². The van der Waals surface area contributed by atoms with E-state index in [-0.39, 0.29) is 17.1 Å². The SMILES string of the molecule is CCCn1c(N)c(C(=O)CSc2nnc(-c3ccoc3C)n2-c2ccccc2)c(=O)[nH]c1=O. The van der Waals surface area contributed by atoms with Gasteiger partial charge in [0.2, 0.25) is 0 Å².